The van der Waals surface area contributed by atoms with Crippen LogP contribution < -0.4 is 5.32 Å². The summed E-state index contributed by atoms with van der Waals surface area (Å²) in [4.78, 5) is 12.3. The quantitative estimate of drug-likeness (QED) is 0.767. The fraction of sp³-hybridized carbons (Fsp3) is 0.125. The van der Waals surface area contributed by atoms with Crippen LogP contribution in [0.1, 0.15) is 16.1 Å². The highest BCUT2D eigenvalue weighted by Crippen LogP contribution is 2.23. The van der Waals surface area contributed by atoms with E-state index in [-0.39, 0.29) is 5.91 Å². The van der Waals surface area contributed by atoms with Gasteiger partial charge in [0.05, 0.1) is 11.3 Å². The van der Waals surface area contributed by atoms with Crippen LogP contribution in [0, 0.1) is 6.92 Å². The molecule has 0 spiro atoms. The number of carbonyl (C=O) groups is 1. The van der Waals surface area contributed by atoms with Crippen molar-refractivity contribution in [2.45, 2.75) is 6.92 Å². The molecule has 1 heterocycles. The maximum absolute atomic E-state index is 12.3. The lowest BCUT2D eigenvalue weighted by atomic mass is 10.1. The van der Waals surface area contributed by atoms with E-state index in [2.05, 4.69) is 26.3 Å². The van der Waals surface area contributed by atoms with Crippen molar-refractivity contribution in [2.75, 3.05) is 5.32 Å². The highest BCUT2D eigenvalue weighted by Gasteiger charge is 2.12. The normalized spacial score (nSPS) is 10.8. The van der Waals surface area contributed by atoms with Gasteiger partial charge in [0.1, 0.15) is 0 Å². The Bertz CT molecular complexity index is 839. The van der Waals surface area contributed by atoms with Crippen molar-refractivity contribution >= 4 is 38.3 Å². The van der Waals surface area contributed by atoms with Crippen molar-refractivity contribution in [3.63, 3.8) is 0 Å². The smallest absolute Gasteiger partial charge is 0.259 e. The lowest BCUT2D eigenvalue weighted by Gasteiger charge is -2.06. The molecule has 0 aliphatic heterocycles. The number of rotatable bonds is 2. The Hall–Kier alpha value is -2.14. The summed E-state index contributed by atoms with van der Waals surface area (Å²) in [6.45, 7) is 1.83. The van der Waals surface area contributed by atoms with Gasteiger partial charge in [0.25, 0.3) is 5.91 Å². The number of aromatic nitrogens is 2. The van der Waals surface area contributed by atoms with E-state index in [1.807, 2.05) is 43.3 Å². The van der Waals surface area contributed by atoms with Gasteiger partial charge in [-0.15, -0.1) is 0 Å². The molecule has 5 heteroatoms. The second-order valence-electron chi connectivity index (χ2n) is 4.96. The third-order valence-electron chi connectivity index (χ3n) is 3.32. The van der Waals surface area contributed by atoms with Gasteiger partial charge in [-0.2, -0.15) is 5.10 Å². The van der Waals surface area contributed by atoms with Crippen molar-refractivity contribution in [1.82, 2.24) is 9.78 Å². The predicted octanol–water partition coefficient (Wildman–Crippen LogP) is 3.90. The molecule has 4 nitrogen and oxygen atoms in total. The summed E-state index contributed by atoms with van der Waals surface area (Å²) >= 11 is 3.45. The average molecular weight is 344 g/mol. The molecule has 3 aromatic rings. The van der Waals surface area contributed by atoms with Gasteiger partial charge in [-0.1, -0.05) is 28.1 Å². The van der Waals surface area contributed by atoms with E-state index in [9.17, 15) is 4.79 Å². The number of nitrogens with zero attached hydrogens (tertiary/aromatic N) is 2. The van der Waals surface area contributed by atoms with Gasteiger partial charge in [0.2, 0.25) is 0 Å². The van der Waals surface area contributed by atoms with Crippen molar-refractivity contribution in [2.24, 2.45) is 7.05 Å². The van der Waals surface area contributed by atoms with Gasteiger partial charge in [-0.05, 0) is 42.0 Å². The van der Waals surface area contributed by atoms with Crippen LogP contribution >= 0.6 is 15.9 Å². The zero-order valence-electron chi connectivity index (χ0n) is 11.7. The Morgan fingerprint density at radius 1 is 1.19 bits per heavy atom. The molecule has 3 rings (SSSR count). The number of benzene rings is 2. The van der Waals surface area contributed by atoms with E-state index in [1.165, 1.54) is 0 Å². The molecular weight excluding hydrogens is 330 g/mol. The summed E-state index contributed by atoms with van der Waals surface area (Å²) in [6, 6.07) is 11.9. The standard InChI is InChI=1S/C16H14BrN3O/c1-10-15(9-20(2)19-10)16(21)18-14-6-4-11-7-13(17)5-3-12(11)8-14/h3-9H,1-2H3,(H,18,21). The van der Waals surface area contributed by atoms with Crippen LogP contribution in [-0.2, 0) is 7.05 Å². The third-order valence-corrected chi connectivity index (χ3v) is 3.81. The molecule has 0 atom stereocenters. The van der Waals surface area contributed by atoms with Gasteiger partial charge >= 0.3 is 0 Å². The summed E-state index contributed by atoms with van der Waals surface area (Å²) in [5.74, 6) is -0.142. The third kappa shape index (κ3) is 2.83. The summed E-state index contributed by atoms with van der Waals surface area (Å²) in [7, 11) is 1.80. The van der Waals surface area contributed by atoms with Crippen molar-refractivity contribution < 1.29 is 4.79 Å². The lowest BCUT2D eigenvalue weighted by molar-refractivity contribution is 0.102. The van der Waals surface area contributed by atoms with E-state index in [1.54, 1.807) is 17.9 Å². The van der Waals surface area contributed by atoms with E-state index >= 15 is 0 Å². The number of anilines is 1. The first-order chi connectivity index (χ1) is 10.0. The minimum atomic E-state index is -0.142. The molecule has 0 saturated heterocycles. The molecular formula is C16H14BrN3O. The summed E-state index contributed by atoms with van der Waals surface area (Å²) in [5, 5.41) is 9.31. The van der Waals surface area contributed by atoms with E-state index < -0.39 is 0 Å². The molecule has 21 heavy (non-hydrogen) atoms. The zero-order chi connectivity index (χ0) is 15.0. The monoisotopic (exact) mass is 343 g/mol. The summed E-state index contributed by atoms with van der Waals surface area (Å²) in [5.41, 5.74) is 2.09. The maximum Gasteiger partial charge on any atom is 0.259 e. The first kappa shape index (κ1) is 13.8. The predicted molar refractivity (Wildman–Crippen MR) is 87.5 cm³/mol. The van der Waals surface area contributed by atoms with Crippen molar-refractivity contribution in [3.8, 4) is 0 Å². The number of amides is 1. The maximum atomic E-state index is 12.3. The van der Waals surface area contributed by atoms with E-state index in [0.717, 1.165) is 26.6 Å². The fourth-order valence-electron chi connectivity index (χ4n) is 2.32. The largest absolute Gasteiger partial charge is 0.322 e. The second-order valence-corrected chi connectivity index (χ2v) is 5.88. The molecule has 0 radical (unpaired) electrons. The molecule has 0 bridgehead atoms. The van der Waals surface area contributed by atoms with Crippen molar-refractivity contribution in [1.29, 1.82) is 0 Å². The second kappa shape index (κ2) is 5.33. The number of halogens is 1. The number of carbonyl (C=O) groups excluding carboxylic acids is 1. The molecule has 0 aliphatic carbocycles. The molecule has 0 aliphatic rings. The average Bonchev–Trinajstić information content (AvgIpc) is 2.78. The Morgan fingerprint density at radius 2 is 1.90 bits per heavy atom. The minimum Gasteiger partial charge on any atom is -0.322 e. The van der Waals surface area contributed by atoms with E-state index in [0.29, 0.717) is 5.56 Å². The van der Waals surface area contributed by atoms with Gasteiger partial charge in [-0.3, -0.25) is 9.48 Å². The fourth-order valence-corrected chi connectivity index (χ4v) is 2.69. The molecule has 1 amide bonds. The molecule has 0 saturated carbocycles. The highest BCUT2D eigenvalue weighted by molar-refractivity contribution is 9.10. The summed E-state index contributed by atoms with van der Waals surface area (Å²) < 4.78 is 2.68. The highest BCUT2D eigenvalue weighted by atomic mass is 79.9. The first-order valence-corrected chi connectivity index (χ1v) is 7.33. The molecule has 0 unspecified atom stereocenters. The number of aryl methyl sites for hydroxylation is 2. The molecule has 0 fully saturated rings. The van der Waals surface area contributed by atoms with Crippen LogP contribution in [0.2, 0.25) is 0 Å². The van der Waals surface area contributed by atoms with Crippen LogP contribution in [0.25, 0.3) is 10.8 Å². The Kier molecular flexibility index (Phi) is 3.51. The van der Waals surface area contributed by atoms with Crippen molar-refractivity contribution in [3.05, 3.63) is 58.3 Å². The van der Waals surface area contributed by atoms with Crippen LogP contribution in [-0.4, -0.2) is 15.7 Å². The molecule has 2 aromatic carbocycles. The number of hydrogen-bond donors (Lipinski definition) is 1. The van der Waals surface area contributed by atoms with Gasteiger partial charge < -0.3 is 5.32 Å². The molecule has 1 aromatic heterocycles. The number of hydrogen-bond acceptors (Lipinski definition) is 2. The zero-order valence-corrected chi connectivity index (χ0v) is 13.3. The lowest BCUT2D eigenvalue weighted by Crippen LogP contribution is -2.12. The minimum absolute atomic E-state index is 0.142. The topological polar surface area (TPSA) is 46.9 Å². The Balaban J connectivity index is 1.89. The number of nitrogens with one attached hydrogen (secondary N) is 1. The van der Waals surface area contributed by atoms with Crippen LogP contribution in [0.5, 0.6) is 0 Å². The SMILES string of the molecule is Cc1nn(C)cc1C(=O)Nc1ccc2cc(Br)ccc2c1. The number of fused-ring (bicyclic) bond motifs is 1. The molecule has 1 N–H and O–H groups in total. The summed E-state index contributed by atoms with van der Waals surface area (Å²) in [6.07, 6.45) is 1.73. The molecule has 106 valence electrons. The van der Waals surface area contributed by atoms with Crippen LogP contribution in [0.4, 0.5) is 5.69 Å². The van der Waals surface area contributed by atoms with Crippen LogP contribution in [0.15, 0.2) is 47.1 Å². The van der Waals surface area contributed by atoms with Crippen LogP contribution in [0.3, 0.4) is 0 Å². The Labute approximate surface area is 130 Å². The van der Waals surface area contributed by atoms with Gasteiger partial charge in [0.15, 0.2) is 0 Å². The van der Waals surface area contributed by atoms with Gasteiger partial charge in [0, 0.05) is 23.4 Å². The van der Waals surface area contributed by atoms with E-state index in [4.69, 9.17) is 0 Å². The van der Waals surface area contributed by atoms with Gasteiger partial charge in [-0.25, -0.2) is 0 Å². The first-order valence-electron chi connectivity index (χ1n) is 6.54. The Morgan fingerprint density at radius 3 is 2.62 bits per heavy atom.